The maximum absolute atomic E-state index is 11.9. The van der Waals surface area contributed by atoms with Crippen molar-refractivity contribution in [3.8, 4) is 5.75 Å². The normalized spacial score (nSPS) is 14.6. The molecule has 0 fully saturated rings. The van der Waals surface area contributed by atoms with Crippen LogP contribution in [0.3, 0.4) is 0 Å². The zero-order valence-corrected chi connectivity index (χ0v) is 13.6. The van der Waals surface area contributed by atoms with Crippen molar-refractivity contribution in [2.75, 3.05) is 6.29 Å². The number of rotatable bonds is 6. The summed E-state index contributed by atoms with van der Waals surface area (Å²) in [5.74, 6) is -0.0969. The highest BCUT2D eigenvalue weighted by Gasteiger charge is 2.26. The Morgan fingerprint density at radius 3 is 2.81 bits per heavy atom. The molecule has 2 aromatic rings. The van der Waals surface area contributed by atoms with E-state index in [0.717, 1.165) is 11.3 Å². The number of nitrogens with one attached hydrogen (secondary N) is 1. The van der Waals surface area contributed by atoms with E-state index < -0.39 is 23.9 Å². The molecule has 2 rings (SSSR count). The van der Waals surface area contributed by atoms with E-state index in [1.54, 1.807) is 11.4 Å². The van der Waals surface area contributed by atoms with E-state index in [0.29, 0.717) is 0 Å². The number of thiophene rings is 1. The molecule has 21 heavy (non-hydrogen) atoms. The van der Waals surface area contributed by atoms with Crippen molar-refractivity contribution in [3.05, 3.63) is 41.0 Å². The zero-order chi connectivity index (χ0) is 15.5. The van der Waals surface area contributed by atoms with Crippen molar-refractivity contribution in [2.24, 2.45) is 0 Å². The fourth-order valence-corrected chi connectivity index (χ4v) is 5.04. The first-order chi connectivity index (χ1) is 9.80. The molecule has 2 heterocycles. The lowest BCUT2D eigenvalue weighted by Gasteiger charge is -2.14. The second-order valence-corrected chi connectivity index (χ2v) is 8.83. The van der Waals surface area contributed by atoms with Gasteiger partial charge in [0.25, 0.3) is 10.0 Å². The minimum atomic E-state index is -4.25. The van der Waals surface area contributed by atoms with Crippen LogP contribution >= 0.6 is 30.5 Å². The molecule has 0 bridgehead atoms. The van der Waals surface area contributed by atoms with Crippen LogP contribution in [0.1, 0.15) is 0 Å². The van der Waals surface area contributed by atoms with Gasteiger partial charge in [-0.15, -0.1) is 11.3 Å². The molecule has 7 nitrogen and oxygen atoms in total. The molecule has 0 aliphatic rings. The van der Waals surface area contributed by atoms with Crippen LogP contribution in [-0.4, -0.2) is 24.6 Å². The highest BCUT2D eigenvalue weighted by Crippen LogP contribution is 2.43. The van der Waals surface area contributed by atoms with E-state index in [1.165, 1.54) is 24.4 Å². The second kappa shape index (κ2) is 6.43. The smallest absolute Gasteiger partial charge is 0.391 e. The van der Waals surface area contributed by atoms with Gasteiger partial charge >= 0.3 is 7.60 Å². The van der Waals surface area contributed by atoms with Gasteiger partial charge in [-0.05, 0) is 23.6 Å². The van der Waals surface area contributed by atoms with Crippen LogP contribution in [0.25, 0.3) is 0 Å². The average Bonchev–Trinajstić information content (AvgIpc) is 2.94. The van der Waals surface area contributed by atoms with Gasteiger partial charge in [0.2, 0.25) is 0 Å². The Balaban J connectivity index is 2.05. The summed E-state index contributed by atoms with van der Waals surface area (Å²) >= 11 is 6.69. The van der Waals surface area contributed by atoms with E-state index >= 15 is 0 Å². The SMILES string of the molecule is O=P(O)(CNS(=O)(=O)c1cccs1)Oc1cccnc1Cl. The molecule has 0 saturated carbocycles. The van der Waals surface area contributed by atoms with Crippen LogP contribution in [0.2, 0.25) is 5.15 Å². The van der Waals surface area contributed by atoms with Crippen LogP contribution in [0.5, 0.6) is 5.75 Å². The number of pyridine rings is 1. The largest absolute Gasteiger partial charge is 0.420 e. The zero-order valence-electron chi connectivity index (χ0n) is 10.3. The van der Waals surface area contributed by atoms with E-state index in [-0.39, 0.29) is 15.1 Å². The van der Waals surface area contributed by atoms with Gasteiger partial charge in [0, 0.05) is 6.20 Å². The van der Waals surface area contributed by atoms with Gasteiger partial charge in [-0.2, -0.15) is 4.72 Å². The van der Waals surface area contributed by atoms with Crippen LogP contribution in [0.15, 0.2) is 40.1 Å². The lowest BCUT2D eigenvalue weighted by Crippen LogP contribution is -2.25. The third-order valence-corrected chi connectivity index (χ3v) is 6.52. The molecule has 11 heteroatoms. The van der Waals surface area contributed by atoms with Gasteiger partial charge in [-0.25, -0.2) is 18.0 Å². The fourth-order valence-electron chi connectivity index (χ4n) is 1.28. The number of halogens is 1. The van der Waals surface area contributed by atoms with Crippen LogP contribution in [-0.2, 0) is 14.6 Å². The van der Waals surface area contributed by atoms with Crippen molar-refractivity contribution >= 4 is 40.6 Å². The summed E-state index contributed by atoms with van der Waals surface area (Å²) < 4.78 is 42.4. The molecule has 0 spiro atoms. The Morgan fingerprint density at radius 2 is 2.19 bits per heavy atom. The Morgan fingerprint density at radius 1 is 1.43 bits per heavy atom. The summed E-state index contributed by atoms with van der Waals surface area (Å²) in [5.41, 5.74) is 0. The Hall–Kier alpha value is -0.960. The van der Waals surface area contributed by atoms with Crippen LogP contribution in [0, 0.1) is 0 Å². The average molecular weight is 369 g/mol. The summed E-state index contributed by atoms with van der Waals surface area (Å²) in [4.78, 5) is 13.4. The lowest BCUT2D eigenvalue weighted by atomic mass is 10.5. The van der Waals surface area contributed by atoms with Crippen LogP contribution < -0.4 is 9.25 Å². The van der Waals surface area contributed by atoms with Gasteiger partial charge in [0.05, 0.1) is 0 Å². The predicted octanol–water partition coefficient (Wildman–Crippen LogP) is 2.30. The van der Waals surface area contributed by atoms with Gasteiger partial charge < -0.3 is 9.42 Å². The number of hydrogen-bond donors (Lipinski definition) is 2. The molecule has 114 valence electrons. The summed E-state index contributed by atoms with van der Waals surface area (Å²) in [6.07, 6.45) is 0.607. The third-order valence-electron chi connectivity index (χ3n) is 2.18. The van der Waals surface area contributed by atoms with Crippen molar-refractivity contribution in [1.29, 1.82) is 0 Å². The molecule has 0 aliphatic carbocycles. The summed E-state index contributed by atoms with van der Waals surface area (Å²) in [6.45, 7) is 0. The first kappa shape index (κ1) is 16.4. The Labute approximate surface area is 130 Å². The Kier molecular flexibility index (Phi) is 5.03. The van der Waals surface area contributed by atoms with Crippen molar-refractivity contribution < 1.29 is 22.4 Å². The summed E-state index contributed by atoms with van der Waals surface area (Å²) in [7, 11) is -8.09. The van der Waals surface area contributed by atoms with E-state index in [4.69, 9.17) is 16.1 Å². The molecule has 1 unspecified atom stereocenters. The maximum Gasteiger partial charge on any atom is 0.391 e. The topological polar surface area (TPSA) is 106 Å². The molecule has 0 saturated heterocycles. The minimum absolute atomic E-state index is 0.0434. The molecule has 0 radical (unpaired) electrons. The quantitative estimate of drug-likeness (QED) is 0.598. The van der Waals surface area contributed by atoms with Crippen molar-refractivity contribution in [2.45, 2.75) is 4.21 Å². The third kappa shape index (κ3) is 4.50. The van der Waals surface area contributed by atoms with E-state index in [9.17, 15) is 17.9 Å². The molecule has 0 aliphatic heterocycles. The number of aromatic nitrogens is 1. The summed E-state index contributed by atoms with van der Waals surface area (Å²) in [6, 6.07) is 5.76. The maximum atomic E-state index is 11.9. The van der Waals surface area contributed by atoms with E-state index in [2.05, 4.69) is 4.98 Å². The van der Waals surface area contributed by atoms with Gasteiger partial charge in [-0.1, -0.05) is 17.7 Å². The second-order valence-electron chi connectivity index (χ2n) is 3.76. The van der Waals surface area contributed by atoms with E-state index in [1.807, 2.05) is 4.72 Å². The number of nitrogens with zero attached hydrogens (tertiary/aromatic N) is 1. The predicted molar refractivity (Wildman–Crippen MR) is 79.2 cm³/mol. The molecule has 2 aromatic heterocycles. The standard InChI is InChI=1S/C10H10ClN2O5PS2/c11-10-8(3-1-5-12-10)18-19(14,15)7-13-21(16,17)9-4-2-6-20-9/h1-6,13H,7H2,(H,14,15). The van der Waals surface area contributed by atoms with Crippen LogP contribution in [0.4, 0.5) is 0 Å². The van der Waals surface area contributed by atoms with Crippen molar-refractivity contribution in [3.63, 3.8) is 0 Å². The van der Waals surface area contributed by atoms with Gasteiger partial charge in [0.15, 0.2) is 10.9 Å². The molecular formula is C10H10ClN2O5PS2. The number of hydrogen-bond acceptors (Lipinski definition) is 6. The molecular weight excluding hydrogens is 359 g/mol. The van der Waals surface area contributed by atoms with Crippen molar-refractivity contribution in [1.82, 2.24) is 9.71 Å². The first-order valence-corrected chi connectivity index (χ1v) is 9.96. The highest BCUT2D eigenvalue weighted by atomic mass is 35.5. The number of sulfonamides is 1. The fraction of sp³-hybridized carbons (Fsp3) is 0.100. The molecule has 0 aromatic carbocycles. The minimum Gasteiger partial charge on any atom is -0.420 e. The summed E-state index contributed by atoms with van der Waals surface area (Å²) in [5, 5.41) is 1.49. The van der Waals surface area contributed by atoms with Gasteiger partial charge in [0.1, 0.15) is 10.5 Å². The highest BCUT2D eigenvalue weighted by molar-refractivity contribution is 7.91. The Bertz CT molecular complexity index is 766. The van der Waals surface area contributed by atoms with Gasteiger partial charge in [-0.3, -0.25) is 0 Å². The monoisotopic (exact) mass is 368 g/mol. The lowest BCUT2D eigenvalue weighted by molar-refractivity contribution is 0.377. The molecule has 0 amide bonds. The molecule has 1 atom stereocenters. The first-order valence-electron chi connectivity index (χ1n) is 5.45. The molecule has 2 N–H and O–H groups in total.